The fourth-order valence-corrected chi connectivity index (χ4v) is 4.11. The molecule has 0 radical (unpaired) electrons. The molecule has 2 aromatic carbocycles. The average Bonchev–Trinajstić information content (AvgIpc) is 3.04. The van der Waals surface area contributed by atoms with E-state index in [0.29, 0.717) is 38.7 Å². The van der Waals surface area contributed by atoms with E-state index in [0.717, 1.165) is 45.4 Å². The monoisotopic (exact) mass is 520 g/mol. The van der Waals surface area contributed by atoms with Crippen molar-refractivity contribution < 1.29 is 9.85 Å². The van der Waals surface area contributed by atoms with E-state index in [2.05, 4.69) is 25.9 Å². The number of fused-ring (bicyclic) bond motifs is 3. The van der Waals surface area contributed by atoms with Gasteiger partial charge in [0.15, 0.2) is 11.5 Å². The van der Waals surface area contributed by atoms with Gasteiger partial charge in [0.2, 0.25) is 5.95 Å². The minimum absolute atomic E-state index is 0.00359. The van der Waals surface area contributed by atoms with Gasteiger partial charge in [-0.2, -0.15) is 0 Å². The van der Waals surface area contributed by atoms with E-state index in [9.17, 15) is 20.2 Å². The molecule has 5 rings (SSSR count). The van der Waals surface area contributed by atoms with Crippen LogP contribution in [0.15, 0.2) is 35.3 Å². The quantitative estimate of drug-likeness (QED) is 0.328. The van der Waals surface area contributed by atoms with Gasteiger partial charge in [-0.05, 0) is 31.4 Å². The van der Waals surface area contributed by atoms with Crippen LogP contribution in [0.4, 0.5) is 23.0 Å². The number of halogens is 2. The predicted molar refractivity (Wildman–Crippen MR) is 136 cm³/mol. The molecule has 3 N–H and O–H groups in total. The second kappa shape index (κ2) is 10.7. The van der Waals surface area contributed by atoms with Crippen LogP contribution in [0.25, 0.3) is 11.0 Å². The van der Waals surface area contributed by atoms with Gasteiger partial charge in [0.05, 0.1) is 25.6 Å². The highest BCUT2D eigenvalue weighted by atomic mass is 35.5. The predicted octanol–water partition coefficient (Wildman–Crippen LogP) is 4.81. The molecular weight excluding hydrogens is 499 g/mol. The Kier molecular flexibility index (Phi) is 7.51. The first-order chi connectivity index (χ1) is 16.8. The van der Waals surface area contributed by atoms with Crippen molar-refractivity contribution in [2.75, 3.05) is 30.3 Å². The molecule has 14 heteroatoms. The summed E-state index contributed by atoms with van der Waals surface area (Å²) >= 11 is 12.0. The minimum atomic E-state index is -0.455. The lowest BCUT2D eigenvalue weighted by Crippen LogP contribution is -2.30. The first-order valence-corrected chi connectivity index (χ1v) is 11.7. The number of nitro groups is 2. The van der Waals surface area contributed by atoms with E-state index in [1.165, 1.54) is 30.3 Å². The van der Waals surface area contributed by atoms with Crippen LogP contribution in [0.1, 0.15) is 19.3 Å². The third kappa shape index (κ3) is 5.54. The molecule has 0 aliphatic carbocycles. The molecule has 35 heavy (non-hydrogen) atoms. The van der Waals surface area contributed by atoms with Crippen LogP contribution >= 0.6 is 23.2 Å². The van der Waals surface area contributed by atoms with Crippen LogP contribution < -0.4 is 16.0 Å². The van der Waals surface area contributed by atoms with Gasteiger partial charge in [0, 0.05) is 44.4 Å². The zero-order valence-electron chi connectivity index (χ0n) is 18.5. The van der Waals surface area contributed by atoms with Crippen LogP contribution in [-0.2, 0) is 6.54 Å². The SMILES string of the molecule is O=[N+]([O-])c1ccc(Cl)c(NC2=NCCCCN2)c1.O=[N+]([O-])c1ccc(Cl)c2nc3n(c12)CCCN3. The maximum atomic E-state index is 11.0. The summed E-state index contributed by atoms with van der Waals surface area (Å²) < 4.78 is 1.82. The van der Waals surface area contributed by atoms with Gasteiger partial charge < -0.3 is 20.5 Å². The molecule has 0 amide bonds. The van der Waals surface area contributed by atoms with Crippen LogP contribution in [-0.4, -0.2) is 45.0 Å². The molecule has 0 atom stereocenters. The zero-order chi connectivity index (χ0) is 24.9. The zero-order valence-corrected chi connectivity index (χ0v) is 20.0. The fourth-order valence-electron chi connectivity index (χ4n) is 3.75. The largest absolute Gasteiger partial charge is 0.356 e. The number of benzene rings is 2. The van der Waals surface area contributed by atoms with Gasteiger partial charge in [-0.3, -0.25) is 25.2 Å². The topological polar surface area (TPSA) is 153 Å². The van der Waals surface area contributed by atoms with E-state index in [1.54, 1.807) is 0 Å². The highest BCUT2D eigenvalue weighted by molar-refractivity contribution is 6.35. The van der Waals surface area contributed by atoms with Crippen LogP contribution in [0, 0.1) is 20.2 Å². The molecule has 0 saturated carbocycles. The van der Waals surface area contributed by atoms with E-state index in [4.69, 9.17) is 23.2 Å². The highest BCUT2D eigenvalue weighted by Gasteiger charge is 2.24. The summed E-state index contributed by atoms with van der Waals surface area (Å²) in [5, 5.41) is 31.8. The van der Waals surface area contributed by atoms with Crippen molar-refractivity contribution in [1.82, 2.24) is 14.9 Å². The number of aromatic nitrogens is 2. The molecule has 1 aromatic heterocycles. The number of nitro benzene ring substituents is 2. The fraction of sp³-hybridized carbons (Fsp3) is 0.333. The van der Waals surface area contributed by atoms with E-state index >= 15 is 0 Å². The molecule has 2 aliphatic heterocycles. The van der Waals surface area contributed by atoms with E-state index < -0.39 is 9.85 Å². The second-order valence-corrected chi connectivity index (χ2v) is 8.61. The van der Waals surface area contributed by atoms with Crippen molar-refractivity contribution >= 4 is 63.2 Å². The summed E-state index contributed by atoms with van der Waals surface area (Å²) in [4.78, 5) is 29.5. The highest BCUT2D eigenvalue weighted by Crippen LogP contribution is 2.34. The number of aryl methyl sites for hydroxylation is 1. The summed E-state index contributed by atoms with van der Waals surface area (Å²) in [6, 6.07) is 7.21. The van der Waals surface area contributed by atoms with Crippen molar-refractivity contribution in [3.05, 3.63) is 60.6 Å². The Bertz CT molecular complexity index is 1310. The molecular formula is C21H22Cl2N8O4. The molecule has 0 fully saturated rings. The van der Waals surface area contributed by atoms with Gasteiger partial charge in [0.25, 0.3) is 11.4 Å². The average molecular weight is 521 g/mol. The molecule has 3 heterocycles. The Morgan fingerprint density at radius 1 is 0.971 bits per heavy atom. The van der Waals surface area contributed by atoms with E-state index in [1.807, 2.05) is 4.57 Å². The molecule has 184 valence electrons. The maximum absolute atomic E-state index is 11.0. The van der Waals surface area contributed by atoms with Gasteiger partial charge in [-0.15, -0.1) is 0 Å². The first kappa shape index (κ1) is 24.5. The standard InChI is InChI=1S/C11H13ClN4O2.C10H9ClN4O2/c12-9-4-3-8(16(17)18)7-10(9)15-11-13-5-1-2-6-14-11;11-6-2-3-7(15(16)17)9-8(6)13-10-12-4-1-5-14(9)10/h3-4,7H,1-2,5-6H2,(H2,13,14,15);2-3H,1,4-5H2,(H,12,13). The van der Waals surface area contributed by atoms with Gasteiger partial charge in [-0.25, -0.2) is 4.98 Å². The van der Waals surface area contributed by atoms with E-state index in [-0.39, 0.29) is 11.4 Å². The summed E-state index contributed by atoms with van der Waals surface area (Å²) in [6.07, 6.45) is 3.00. The number of nitrogens with one attached hydrogen (secondary N) is 3. The normalized spacial score (nSPS) is 14.9. The summed E-state index contributed by atoms with van der Waals surface area (Å²) in [5.41, 5.74) is 1.52. The Morgan fingerprint density at radius 3 is 2.51 bits per heavy atom. The third-order valence-electron chi connectivity index (χ3n) is 5.42. The Labute approximate surface area is 209 Å². The minimum Gasteiger partial charge on any atom is -0.356 e. The van der Waals surface area contributed by atoms with Crippen LogP contribution in [0.5, 0.6) is 0 Å². The molecule has 3 aromatic rings. The summed E-state index contributed by atoms with van der Waals surface area (Å²) in [7, 11) is 0. The number of nitrogens with zero attached hydrogens (tertiary/aromatic N) is 5. The molecule has 0 saturated heterocycles. The summed E-state index contributed by atoms with van der Waals surface area (Å²) in [6.45, 7) is 3.12. The number of guanidine groups is 1. The second-order valence-electron chi connectivity index (χ2n) is 7.80. The number of anilines is 2. The lowest BCUT2D eigenvalue weighted by atomic mass is 10.2. The summed E-state index contributed by atoms with van der Waals surface area (Å²) in [5.74, 6) is 1.26. The molecule has 0 unspecified atom stereocenters. The Hall–Kier alpha value is -3.64. The van der Waals surface area contributed by atoms with Crippen molar-refractivity contribution in [2.24, 2.45) is 4.99 Å². The smallest absolute Gasteiger partial charge is 0.295 e. The lowest BCUT2D eigenvalue weighted by molar-refractivity contribution is -0.384. The number of rotatable bonds is 3. The Balaban J connectivity index is 0.000000165. The Morgan fingerprint density at radius 2 is 1.74 bits per heavy atom. The van der Waals surface area contributed by atoms with Crippen molar-refractivity contribution in [2.45, 2.75) is 25.8 Å². The maximum Gasteiger partial charge on any atom is 0.295 e. The van der Waals surface area contributed by atoms with Gasteiger partial charge >= 0.3 is 0 Å². The number of aliphatic imine (C=N–C) groups is 1. The van der Waals surface area contributed by atoms with Crippen LogP contribution in [0.2, 0.25) is 10.0 Å². The number of hydrogen-bond acceptors (Lipinski definition) is 9. The third-order valence-corrected chi connectivity index (χ3v) is 6.06. The molecule has 0 spiro atoms. The molecule has 12 nitrogen and oxygen atoms in total. The van der Waals surface area contributed by atoms with Crippen molar-refractivity contribution in [3.8, 4) is 0 Å². The first-order valence-electron chi connectivity index (χ1n) is 10.9. The number of imidazole rings is 1. The van der Waals surface area contributed by atoms with Crippen molar-refractivity contribution in [1.29, 1.82) is 0 Å². The number of non-ortho nitro benzene ring substituents is 2. The van der Waals surface area contributed by atoms with Crippen molar-refractivity contribution in [3.63, 3.8) is 0 Å². The lowest BCUT2D eigenvalue weighted by Gasteiger charge is -2.15. The van der Waals surface area contributed by atoms with Gasteiger partial charge in [0.1, 0.15) is 5.52 Å². The molecule has 0 bridgehead atoms. The molecule has 2 aliphatic rings. The van der Waals surface area contributed by atoms with Gasteiger partial charge in [-0.1, -0.05) is 23.2 Å². The number of hydrogen-bond donors (Lipinski definition) is 3. The van der Waals surface area contributed by atoms with Crippen LogP contribution in [0.3, 0.4) is 0 Å².